The molecule has 3 aromatic rings. The molecule has 0 spiro atoms. The molecule has 3 aromatic carbocycles. The van der Waals surface area contributed by atoms with Crippen LogP contribution in [0.1, 0.15) is 41.3 Å². The predicted octanol–water partition coefficient (Wildman–Crippen LogP) is 5.12. The van der Waals surface area contributed by atoms with Crippen LogP contribution in [0.4, 0.5) is 14.9 Å². The van der Waals surface area contributed by atoms with Gasteiger partial charge in [-0.25, -0.2) is 14.0 Å². The molecule has 0 aliphatic heterocycles. The van der Waals surface area contributed by atoms with E-state index < -0.39 is 29.8 Å². The van der Waals surface area contributed by atoms with Gasteiger partial charge < -0.3 is 14.7 Å². The SMILES string of the molecule is CCN(C(=O)c1ccc(NC(=O)OCC2c3ccccc3-c3ccccc32)cc1F)C(C)C(=O)O. The molecule has 1 unspecified atom stereocenters. The van der Waals surface area contributed by atoms with Crippen molar-refractivity contribution < 1.29 is 28.6 Å². The third-order valence-corrected chi connectivity index (χ3v) is 6.22. The second-order valence-electron chi connectivity index (χ2n) is 8.25. The Labute approximate surface area is 202 Å². The van der Waals surface area contributed by atoms with Crippen molar-refractivity contribution in [1.82, 2.24) is 4.90 Å². The first-order valence-corrected chi connectivity index (χ1v) is 11.3. The van der Waals surface area contributed by atoms with E-state index in [1.807, 2.05) is 48.5 Å². The summed E-state index contributed by atoms with van der Waals surface area (Å²) < 4.78 is 20.1. The first-order chi connectivity index (χ1) is 16.8. The quantitative estimate of drug-likeness (QED) is 0.493. The van der Waals surface area contributed by atoms with Crippen molar-refractivity contribution in [1.29, 1.82) is 0 Å². The lowest BCUT2D eigenvalue weighted by atomic mass is 9.98. The number of likely N-dealkylation sites (N-methyl/N-ethyl adjacent to an activating group) is 1. The second kappa shape index (κ2) is 9.97. The largest absolute Gasteiger partial charge is 0.480 e. The number of carboxylic acid groups (broad SMARTS) is 1. The van der Waals surface area contributed by atoms with E-state index in [0.29, 0.717) is 0 Å². The van der Waals surface area contributed by atoms with Crippen LogP contribution in [0.2, 0.25) is 0 Å². The zero-order chi connectivity index (χ0) is 25.1. The number of nitrogens with one attached hydrogen (secondary N) is 1. The lowest BCUT2D eigenvalue weighted by molar-refractivity contribution is -0.141. The fraction of sp³-hybridized carbons (Fsp3) is 0.222. The van der Waals surface area contributed by atoms with Crippen molar-refractivity contribution in [3.05, 3.63) is 89.2 Å². The topological polar surface area (TPSA) is 95.9 Å². The van der Waals surface area contributed by atoms with Gasteiger partial charge >= 0.3 is 12.1 Å². The molecule has 2 amide bonds. The molecule has 1 atom stereocenters. The minimum atomic E-state index is -1.19. The number of rotatable bonds is 7. The number of carbonyl (C=O) groups excluding carboxylic acids is 2. The van der Waals surface area contributed by atoms with E-state index in [9.17, 15) is 23.9 Å². The Kier molecular flexibility index (Phi) is 6.82. The summed E-state index contributed by atoms with van der Waals surface area (Å²) in [5, 5.41) is 11.7. The third-order valence-electron chi connectivity index (χ3n) is 6.22. The Morgan fingerprint density at radius 2 is 1.63 bits per heavy atom. The highest BCUT2D eigenvalue weighted by molar-refractivity contribution is 5.97. The summed E-state index contributed by atoms with van der Waals surface area (Å²) in [7, 11) is 0. The van der Waals surface area contributed by atoms with Crippen LogP contribution in [-0.2, 0) is 9.53 Å². The van der Waals surface area contributed by atoms with Gasteiger partial charge in [0, 0.05) is 18.2 Å². The van der Waals surface area contributed by atoms with Gasteiger partial charge in [-0.05, 0) is 54.3 Å². The van der Waals surface area contributed by atoms with Crippen LogP contribution in [-0.4, -0.2) is 47.2 Å². The molecule has 180 valence electrons. The van der Waals surface area contributed by atoms with E-state index in [-0.39, 0.29) is 30.3 Å². The average molecular weight is 477 g/mol. The van der Waals surface area contributed by atoms with Crippen LogP contribution in [0.3, 0.4) is 0 Å². The number of amides is 2. The summed E-state index contributed by atoms with van der Waals surface area (Å²) in [5.74, 6) is -2.91. The highest BCUT2D eigenvalue weighted by atomic mass is 19.1. The number of benzene rings is 3. The molecule has 0 radical (unpaired) electrons. The highest BCUT2D eigenvalue weighted by Gasteiger charge is 2.29. The molecule has 0 heterocycles. The van der Waals surface area contributed by atoms with E-state index in [1.165, 1.54) is 19.1 Å². The maximum absolute atomic E-state index is 14.7. The van der Waals surface area contributed by atoms with Crippen LogP contribution in [0.5, 0.6) is 0 Å². The number of ether oxygens (including phenoxy) is 1. The van der Waals surface area contributed by atoms with Crippen LogP contribution >= 0.6 is 0 Å². The molecular formula is C27H25FN2O5. The zero-order valence-electron chi connectivity index (χ0n) is 19.3. The first-order valence-electron chi connectivity index (χ1n) is 11.3. The fourth-order valence-corrected chi connectivity index (χ4v) is 4.40. The number of fused-ring (bicyclic) bond motifs is 3. The zero-order valence-corrected chi connectivity index (χ0v) is 19.3. The van der Waals surface area contributed by atoms with Crippen molar-refractivity contribution in [2.24, 2.45) is 0 Å². The molecule has 35 heavy (non-hydrogen) atoms. The summed E-state index contributed by atoms with van der Waals surface area (Å²) in [4.78, 5) is 37.4. The van der Waals surface area contributed by atoms with Crippen LogP contribution < -0.4 is 5.32 Å². The van der Waals surface area contributed by atoms with E-state index in [0.717, 1.165) is 33.2 Å². The summed E-state index contributed by atoms with van der Waals surface area (Å²) in [5.41, 5.74) is 4.21. The number of halogens is 1. The number of carboxylic acids is 1. The van der Waals surface area contributed by atoms with Gasteiger partial charge in [-0.1, -0.05) is 48.5 Å². The summed E-state index contributed by atoms with van der Waals surface area (Å²) in [6.07, 6.45) is -0.750. The van der Waals surface area contributed by atoms with Gasteiger partial charge in [0.25, 0.3) is 5.91 Å². The smallest absolute Gasteiger partial charge is 0.411 e. The van der Waals surface area contributed by atoms with Crippen molar-refractivity contribution in [3.8, 4) is 11.1 Å². The number of nitrogens with zero attached hydrogens (tertiary/aromatic N) is 1. The van der Waals surface area contributed by atoms with E-state index in [4.69, 9.17) is 4.74 Å². The van der Waals surface area contributed by atoms with Crippen molar-refractivity contribution in [2.45, 2.75) is 25.8 Å². The minimum absolute atomic E-state index is 0.103. The maximum atomic E-state index is 14.7. The van der Waals surface area contributed by atoms with Gasteiger partial charge in [-0.15, -0.1) is 0 Å². The summed E-state index contributed by atoms with van der Waals surface area (Å²) in [6, 6.07) is 18.4. The van der Waals surface area contributed by atoms with Crippen LogP contribution in [0.25, 0.3) is 11.1 Å². The molecule has 0 saturated carbocycles. The fourth-order valence-electron chi connectivity index (χ4n) is 4.40. The van der Waals surface area contributed by atoms with Crippen LogP contribution in [0.15, 0.2) is 66.7 Å². The highest BCUT2D eigenvalue weighted by Crippen LogP contribution is 2.44. The Balaban J connectivity index is 1.43. The third kappa shape index (κ3) is 4.73. The van der Waals surface area contributed by atoms with E-state index >= 15 is 0 Å². The monoisotopic (exact) mass is 476 g/mol. The standard InChI is InChI=1S/C27H25FN2O5/c1-3-30(16(2)26(32)33)25(31)22-13-12-17(14-24(22)28)29-27(34)35-15-23-20-10-6-4-8-18(20)19-9-5-7-11-21(19)23/h4-14,16,23H,3,15H2,1-2H3,(H,29,34)(H,32,33). The van der Waals surface area contributed by atoms with E-state index in [2.05, 4.69) is 5.32 Å². The number of carbonyl (C=O) groups is 3. The Bertz CT molecular complexity index is 1250. The van der Waals surface area contributed by atoms with Crippen molar-refractivity contribution >= 4 is 23.7 Å². The van der Waals surface area contributed by atoms with Gasteiger partial charge in [-0.2, -0.15) is 0 Å². The first kappa shape index (κ1) is 23.9. The normalized spacial score (nSPS) is 12.9. The average Bonchev–Trinajstić information content (AvgIpc) is 3.16. The molecular weight excluding hydrogens is 451 g/mol. The van der Waals surface area contributed by atoms with Gasteiger partial charge in [0.1, 0.15) is 18.5 Å². The summed E-state index contributed by atoms with van der Waals surface area (Å²) >= 11 is 0. The second-order valence-corrected chi connectivity index (χ2v) is 8.25. The predicted molar refractivity (Wildman–Crippen MR) is 129 cm³/mol. The molecule has 8 heteroatoms. The number of hydrogen-bond acceptors (Lipinski definition) is 4. The van der Waals surface area contributed by atoms with Gasteiger partial charge in [0.05, 0.1) is 5.56 Å². The minimum Gasteiger partial charge on any atom is -0.480 e. The Morgan fingerprint density at radius 3 is 2.17 bits per heavy atom. The summed E-state index contributed by atoms with van der Waals surface area (Å²) in [6.45, 7) is 3.18. The van der Waals surface area contributed by atoms with E-state index in [1.54, 1.807) is 6.92 Å². The lowest BCUT2D eigenvalue weighted by Crippen LogP contribution is -2.43. The number of anilines is 1. The molecule has 1 aliphatic rings. The number of hydrogen-bond donors (Lipinski definition) is 2. The van der Waals surface area contributed by atoms with Gasteiger partial charge in [0.15, 0.2) is 0 Å². The molecule has 0 saturated heterocycles. The molecule has 7 nitrogen and oxygen atoms in total. The van der Waals surface area contributed by atoms with Crippen LogP contribution in [0, 0.1) is 5.82 Å². The maximum Gasteiger partial charge on any atom is 0.411 e. The Hall–Kier alpha value is -4.20. The molecule has 1 aliphatic carbocycles. The lowest BCUT2D eigenvalue weighted by Gasteiger charge is -2.25. The number of aliphatic carboxylic acids is 1. The van der Waals surface area contributed by atoms with Crippen molar-refractivity contribution in [3.63, 3.8) is 0 Å². The van der Waals surface area contributed by atoms with Gasteiger partial charge in [-0.3, -0.25) is 10.1 Å². The van der Waals surface area contributed by atoms with Crippen molar-refractivity contribution in [2.75, 3.05) is 18.5 Å². The molecule has 4 rings (SSSR count). The Morgan fingerprint density at radius 1 is 1.03 bits per heavy atom. The van der Waals surface area contributed by atoms with Gasteiger partial charge in [0.2, 0.25) is 0 Å². The molecule has 2 N–H and O–H groups in total. The molecule has 0 aromatic heterocycles. The molecule has 0 fully saturated rings. The molecule has 0 bridgehead atoms.